The van der Waals surface area contributed by atoms with Crippen LogP contribution in [0.25, 0.3) is 0 Å². The lowest BCUT2D eigenvalue weighted by atomic mass is 10.0. The van der Waals surface area contributed by atoms with Crippen LogP contribution < -0.4 is 14.8 Å². The average Bonchev–Trinajstić information content (AvgIpc) is 2.90. The van der Waals surface area contributed by atoms with Gasteiger partial charge < -0.3 is 24.3 Å². The van der Waals surface area contributed by atoms with Crippen molar-refractivity contribution in [2.75, 3.05) is 45.5 Å². The van der Waals surface area contributed by atoms with Crippen molar-refractivity contribution in [3.05, 3.63) is 87.7 Å². The summed E-state index contributed by atoms with van der Waals surface area (Å²) in [6, 6.07) is 14.7. The highest BCUT2D eigenvalue weighted by Gasteiger charge is 2.18. The SMILES string of the molecule is COCCOCCOc1ccc(NC(=O)COc2ccc(Cl)cc2C(=O)c2cc(F)cc(C#N)c2)c(C)c1. The van der Waals surface area contributed by atoms with E-state index in [-0.39, 0.29) is 27.5 Å². The van der Waals surface area contributed by atoms with Crippen LogP contribution in [0.4, 0.5) is 10.1 Å². The Morgan fingerprint density at radius 3 is 2.53 bits per heavy atom. The number of aryl methyl sites for hydroxylation is 1. The third kappa shape index (κ3) is 8.28. The molecule has 0 unspecified atom stereocenters. The number of hydrogen-bond donors (Lipinski definition) is 1. The molecule has 3 rings (SSSR count). The molecule has 0 fully saturated rings. The minimum atomic E-state index is -0.724. The second kappa shape index (κ2) is 14.1. The fourth-order valence-electron chi connectivity index (χ4n) is 3.40. The van der Waals surface area contributed by atoms with Crippen molar-refractivity contribution in [2.45, 2.75) is 6.92 Å². The Kier molecular flexibility index (Phi) is 10.6. The zero-order valence-corrected chi connectivity index (χ0v) is 21.6. The van der Waals surface area contributed by atoms with Gasteiger partial charge in [-0.15, -0.1) is 0 Å². The highest BCUT2D eigenvalue weighted by atomic mass is 35.5. The number of carbonyl (C=O) groups excluding carboxylic acids is 2. The zero-order chi connectivity index (χ0) is 27.5. The number of methoxy groups -OCH3 is 1. The number of ketones is 1. The van der Waals surface area contributed by atoms with Gasteiger partial charge in [0.2, 0.25) is 0 Å². The fraction of sp³-hybridized carbons (Fsp3) is 0.250. The highest BCUT2D eigenvalue weighted by molar-refractivity contribution is 6.31. The molecule has 0 aliphatic heterocycles. The number of hydrogen-bond acceptors (Lipinski definition) is 7. The van der Waals surface area contributed by atoms with Crippen molar-refractivity contribution in [1.29, 1.82) is 5.26 Å². The van der Waals surface area contributed by atoms with Crippen LogP contribution >= 0.6 is 11.6 Å². The van der Waals surface area contributed by atoms with Gasteiger partial charge in [-0.1, -0.05) is 11.6 Å². The van der Waals surface area contributed by atoms with Crippen LogP contribution in [0.2, 0.25) is 5.02 Å². The first-order chi connectivity index (χ1) is 18.3. The number of amides is 1. The van der Waals surface area contributed by atoms with Crippen molar-refractivity contribution < 1.29 is 32.9 Å². The van der Waals surface area contributed by atoms with Crippen LogP contribution in [0.1, 0.15) is 27.0 Å². The Labute approximate surface area is 224 Å². The van der Waals surface area contributed by atoms with E-state index in [1.807, 2.05) is 13.0 Å². The number of rotatable bonds is 13. The van der Waals surface area contributed by atoms with E-state index in [0.29, 0.717) is 37.9 Å². The van der Waals surface area contributed by atoms with Gasteiger partial charge in [0.1, 0.15) is 23.9 Å². The van der Waals surface area contributed by atoms with Crippen LogP contribution in [-0.4, -0.2) is 51.8 Å². The largest absolute Gasteiger partial charge is 0.491 e. The monoisotopic (exact) mass is 540 g/mol. The maximum absolute atomic E-state index is 13.9. The first-order valence-electron chi connectivity index (χ1n) is 11.6. The molecule has 0 radical (unpaired) electrons. The number of nitriles is 1. The van der Waals surface area contributed by atoms with Gasteiger partial charge in [0.25, 0.3) is 5.91 Å². The molecule has 0 saturated carbocycles. The number of nitrogens with zero attached hydrogens (tertiary/aromatic N) is 1. The van der Waals surface area contributed by atoms with E-state index in [1.54, 1.807) is 25.3 Å². The summed E-state index contributed by atoms with van der Waals surface area (Å²) in [7, 11) is 1.60. The first kappa shape index (κ1) is 28.6. The molecule has 3 aromatic rings. The van der Waals surface area contributed by atoms with Gasteiger partial charge in [0.05, 0.1) is 37.0 Å². The van der Waals surface area contributed by atoms with E-state index in [2.05, 4.69) is 5.32 Å². The Balaban J connectivity index is 1.61. The van der Waals surface area contributed by atoms with Crippen molar-refractivity contribution >= 4 is 29.0 Å². The standard InChI is InChI=1S/C28H26ClFN2O6/c1-18-11-23(37-10-9-36-8-7-35-2)4-5-25(18)32-27(33)17-38-26-6-3-21(29)15-24(26)28(34)20-12-19(16-31)13-22(30)14-20/h3-6,11-15H,7-10,17H2,1-2H3,(H,32,33). The van der Waals surface area contributed by atoms with Crippen LogP contribution in [0.5, 0.6) is 11.5 Å². The molecule has 0 atom stereocenters. The van der Waals surface area contributed by atoms with Crippen LogP contribution in [0.15, 0.2) is 54.6 Å². The summed E-state index contributed by atoms with van der Waals surface area (Å²) in [6.07, 6.45) is 0. The Morgan fingerprint density at radius 1 is 1.00 bits per heavy atom. The molecular weight excluding hydrogens is 515 g/mol. The number of halogens is 2. The smallest absolute Gasteiger partial charge is 0.262 e. The van der Waals surface area contributed by atoms with Gasteiger partial charge in [0, 0.05) is 23.4 Å². The van der Waals surface area contributed by atoms with E-state index in [9.17, 15) is 14.0 Å². The fourth-order valence-corrected chi connectivity index (χ4v) is 3.58. The predicted octanol–water partition coefficient (Wildman–Crippen LogP) is 4.95. The molecule has 10 heteroatoms. The summed E-state index contributed by atoms with van der Waals surface area (Å²) >= 11 is 6.06. The van der Waals surface area contributed by atoms with E-state index in [1.165, 1.54) is 24.3 Å². The van der Waals surface area contributed by atoms with E-state index >= 15 is 0 Å². The number of nitrogens with one attached hydrogen (secondary N) is 1. The molecule has 0 aliphatic carbocycles. The molecule has 0 heterocycles. The molecule has 0 saturated heterocycles. The predicted molar refractivity (Wildman–Crippen MR) is 139 cm³/mol. The summed E-state index contributed by atoms with van der Waals surface area (Å²) < 4.78 is 35.4. The molecule has 0 spiro atoms. The third-order valence-corrected chi connectivity index (χ3v) is 5.47. The molecule has 1 N–H and O–H groups in total. The minimum Gasteiger partial charge on any atom is -0.491 e. The number of carbonyl (C=O) groups is 2. The van der Waals surface area contributed by atoms with E-state index in [4.69, 9.17) is 35.8 Å². The summed E-state index contributed by atoms with van der Waals surface area (Å²) in [4.78, 5) is 25.6. The maximum atomic E-state index is 13.9. The lowest BCUT2D eigenvalue weighted by molar-refractivity contribution is -0.118. The second-order valence-electron chi connectivity index (χ2n) is 8.08. The molecule has 38 heavy (non-hydrogen) atoms. The van der Waals surface area contributed by atoms with Crippen LogP contribution in [0, 0.1) is 24.1 Å². The summed E-state index contributed by atoms with van der Waals surface area (Å²) in [5.74, 6) is -1.06. The average molecular weight is 541 g/mol. The molecule has 8 nitrogen and oxygen atoms in total. The maximum Gasteiger partial charge on any atom is 0.262 e. The molecule has 0 bridgehead atoms. The van der Waals surface area contributed by atoms with Crippen molar-refractivity contribution in [3.63, 3.8) is 0 Å². The van der Waals surface area contributed by atoms with Crippen molar-refractivity contribution in [1.82, 2.24) is 0 Å². The number of anilines is 1. The third-order valence-electron chi connectivity index (χ3n) is 5.23. The molecule has 0 aromatic heterocycles. The van der Waals surface area contributed by atoms with Crippen molar-refractivity contribution in [3.8, 4) is 17.6 Å². The Morgan fingerprint density at radius 2 is 1.79 bits per heavy atom. The lowest BCUT2D eigenvalue weighted by Gasteiger charge is -2.14. The first-order valence-corrected chi connectivity index (χ1v) is 12.0. The summed E-state index contributed by atoms with van der Waals surface area (Å²) in [5.41, 5.74) is 1.33. The quantitative estimate of drug-likeness (QED) is 0.241. The van der Waals surface area contributed by atoms with Gasteiger partial charge in [-0.2, -0.15) is 5.26 Å². The van der Waals surface area contributed by atoms with Crippen LogP contribution in [-0.2, 0) is 14.3 Å². The molecule has 3 aromatic carbocycles. The van der Waals surface area contributed by atoms with Gasteiger partial charge in [0.15, 0.2) is 12.4 Å². The van der Waals surface area contributed by atoms with Gasteiger partial charge in [-0.05, 0) is 67.1 Å². The minimum absolute atomic E-state index is 0.000535. The molecule has 198 valence electrons. The Bertz CT molecular complexity index is 1340. The number of benzene rings is 3. The number of ether oxygens (including phenoxy) is 4. The normalized spacial score (nSPS) is 10.5. The second-order valence-corrected chi connectivity index (χ2v) is 8.51. The Hall–Kier alpha value is -3.97. The molecular formula is C28H26ClFN2O6. The summed E-state index contributed by atoms with van der Waals surface area (Å²) in [6.45, 7) is 3.23. The topological polar surface area (TPSA) is 107 Å². The van der Waals surface area contributed by atoms with Gasteiger partial charge >= 0.3 is 0 Å². The highest BCUT2D eigenvalue weighted by Crippen LogP contribution is 2.27. The molecule has 0 aliphatic rings. The lowest BCUT2D eigenvalue weighted by Crippen LogP contribution is -2.21. The van der Waals surface area contributed by atoms with E-state index in [0.717, 1.165) is 17.7 Å². The van der Waals surface area contributed by atoms with Crippen molar-refractivity contribution in [2.24, 2.45) is 0 Å². The van der Waals surface area contributed by atoms with E-state index < -0.39 is 24.1 Å². The van der Waals surface area contributed by atoms with Gasteiger partial charge in [-0.3, -0.25) is 9.59 Å². The van der Waals surface area contributed by atoms with Crippen LogP contribution in [0.3, 0.4) is 0 Å². The zero-order valence-electron chi connectivity index (χ0n) is 20.9. The summed E-state index contributed by atoms with van der Waals surface area (Å²) in [5, 5.41) is 12.1. The van der Waals surface area contributed by atoms with Gasteiger partial charge in [-0.25, -0.2) is 4.39 Å². The molecule has 1 amide bonds.